The first kappa shape index (κ1) is 12.0. The van der Waals surface area contributed by atoms with Crippen LogP contribution in [0.3, 0.4) is 0 Å². The van der Waals surface area contributed by atoms with E-state index in [4.69, 9.17) is 10.5 Å². The van der Waals surface area contributed by atoms with Crippen LogP contribution >= 0.6 is 0 Å². The van der Waals surface area contributed by atoms with Crippen LogP contribution < -0.4 is 0 Å². The summed E-state index contributed by atoms with van der Waals surface area (Å²) in [6, 6.07) is 9.99. The van der Waals surface area contributed by atoms with E-state index in [0.717, 1.165) is 18.4 Å². The van der Waals surface area contributed by atoms with Crippen molar-refractivity contribution in [3.05, 3.63) is 40.5 Å². The number of nitriles is 2. The van der Waals surface area contributed by atoms with Crippen molar-refractivity contribution in [2.45, 2.75) is 26.7 Å². The maximum atomic E-state index is 8.74. The molecule has 0 amide bonds. The lowest BCUT2D eigenvalue weighted by molar-refractivity contribution is 1.09. The zero-order valence-electron chi connectivity index (χ0n) is 9.62. The van der Waals surface area contributed by atoms with E-state index in [-0.39, 0.29) is 5.57 Å². The van der Waals surface area contributed by atoms with Crippen LogP contribution in [0.2, 0.25) is 0 Å². The first-order chi connectivity index (χ1) is 7.74. The van der Waals surface area contributed by atoms with Gasteiger partial charge in [0.05, 0.1) is 0 Å². The number of rotatable bonds is 3. The van der Waals surface area contributed by atoms with E-state index >= 15 is 0 Å². The summed E-state index contributed by atoms with van der Waals surface area (Å²) in [5.41, 5.74) is 3.53. The fourth-order valence-electron chi connectivity index (χ4n) is 1.57. The number of hydrogen-bond acceptors (Lipinski definition) is 2. The first-order valence-electron chi connectivity index (χ1n) is 5.38. The summed E-state index contributed by atoms with van der Waals surface area (Å²) in [5, 5.41) is 17.5. The summed E-state index contributed by atoms with van der Waals surface area (Å²) in [7, 11) is 0. The van der Waals surface area contributed by atoms with Gasteiger partial charge in [-0.25, -0.2) is 0 Å². The van der Waals surface area contributed by atoms with Gasteiger partial charge in [-0.1, -0.05) is 32.0 Å². The summed E-state index contributed by atoms with van der Waals surface area (Å²) in [5.74, 6) is 0. The van der Waals surface area contributed by atoms with Gasteiger partial charge in [0.1, 0.15) is 17.7 Å². The van der Waals surface area contributed by atoms with Gasteiger partial charge in [-0.3, -0.25) is 0 Å². The van der Waals surface area contributed by atoms with Gasteiger partial charge < -0.3 is 0 Å². The molecule has 0 radical (unpaired) electrons. The number of aryl methyl sites for hydroxylation is 2. The lowest BCUT2D eigenvalue weighted by Gasteiger charge is -2.05. The summed E-state index contributed by atoms with van der Waals surface area (Å²) < 4.78 is 0. The zero-order valence-corrected chi connectivity index (χ0v) is 9.62. The second-order valence-electron chi connectivity index (χ2n) is 3.52. The molecule has 2 nitrogen and oxygen atoms in total. The molecule has 2 heteroatoms. The molecule has 0 aliphatic carbocycles. The highest BCUT2D eigenvalue weighted by atomic mass is 14.3. The summed E-state index contributed by atoms with van der Waals surface area (Å²) in [4.78, 5) is 0. The van der Waals surface area contributed by atoms with E-state index < -0.39 is 0 Å². The van der Waals surface area contributed by atoms with Gasteiger partial charge in [0, 0.05) is 0 Å². The summed E-state index contributed by atoms with van der Waals surface area (Å²) >= 11 is 0. The zero-order chi connectivity index (χ0) is 12.0. The van der Waals surface area contributed by atoms with Crippen molar-refractivity contribution in [3.8, 4) is 12.1 Å². The van der Waals surface area contributed by atoms with Crippen molar-refractivity contribution >= 4 is 6.08 Å². The van der Waals surface area contributed by atoms with Crippen molar-refractivity contribution in [3.63, 3.8) is 0 Å². The normalized spacial score (nSPS) is 9.00. The second-order valence-corrected chi connectivity index (χ2v) is 3.52. The topological polar surface area (TPSA) is 47.6 Å². The summed E-state index contributed by atoms with van der Waals surface area (Å²) in [6.45, 7) is 4.15. The molecular formula is C14H14N2. The molecule has 0 fully saturated rings. The van der Waals surface area contributed by atoms with E-state index in [1.165, 1.54) is 11.1 Å². The van der Waals surface area contributed by atoms with Crippen LogP contribution in [-0.4, -0.2) is 0 Å². The number of hydrogen-bond donors (Lipinski definition) is 0. The van der Waals surface area contributed by atoms with Gasteiger partial charge in [-0.05, 0) is 35.6 Å². The van der Waals surface area contributed by atoms with Gasteiger partial charge in [0.2, 0.25) is 0 Å². The predicted octanol–water partition coefficient (Wildman–Crippen LogP) is 3.24. The van der Waals surface area contributed by atoms with Crippen molar-refractivity contribution in [2.24, 2.45) is 0 Å². The van der Waals surface area contributed by atoms with E-state index in [1.807, 2.05) is 18.2 Å². The smallest absolute Gasteiger partial charge is 0.130 e. The molecule has 0 aliphatic rings. The van der Waals surface area contributed by atoms with E-state index in [1.54, 1.807) is 6.08 Å². The molecule has 80 valence electrons. The van der Waals surface area contributed by atoms with Gasteiger partial charge in [-0.2, -0.15) is 10.5 Å². The molecule has 1 rings (SSSR count). The van der Waals surface area contributed by atoms with Gasteiger partial charge in [0.15, 0.2) is 0 Å². The van der Waals surface area contributed by atoms with Gasteiger partial charge >= 0.3 is 0 Å². The minimum atomic E-state index is 0.156. The van der Waals surface area contributed by atoms with Crippen LogP contribution in [-0.2, 0) is 12.8 Å². The maximum Gasteiger partial charge on any atom is 0.130 e. The van der Waals surface area contributed by atoms with E-state index in [2.05, 4.69) is 26.0 Å². The van der Waals surface area contributed by atoms with Crippen molar-refractivity contribution in [2.75, 3.05) is 0 Å². The highest BCUT2D eigenvalue weighted by molar-refractivity contribution is 5.64. The van der Waals surface area contributed by atoms with Crippen LogP contribution in [0.1, 0.15) is 30.5 Å². The van der Waals surface area contributed by atoms with E-state index in [9.17, 15) is 0 Å². The van der Waals surface area contributed by atoms with Crippen LogP contribution in [0.5, 0.6) is 0 Å². The molecule has 0 N–H and O–H groups in total. The Morgan fingerprint density at radius 3 is 2.38 bits per heavy atom. The number of allylic oxidation sites excluding steroid dienone is 1. The minimum Gasteiger partial charge on any atom is -0.192 e. The van der Waals surface area contributed by atoms with Gasteiger partial charge in [0.25, 0.3) is 0 Å². The average molecular weight is 210 g/mol. The third-order valence-electron chi connectivity index (χ3n) is 2.54. The average Bonchev–Trinajstić information content (AvgIpc) is 2.35. The third kappa shape index (κ3) is 2.72. The number of nitrogens with zero attached hydrogens (tertiary/aromatic N) is 2. The lowest BCUT2D eigenvalue weighted by atomic mass is 9.99. The highest BCUT2D eigenvalue weighted by Crippen LogP contribution is 2.16. The first-order valence-corrected chi connectivity index (χ1v) is 5.38. The van der Waals surface area contributed by atoms with Crippen molar-refractivity contribution < 1.29 is 0 Å². The molecule has 0 bridgehead atoms. The number of benzene rings is 1. The molecule has 0 saturated heterocycles. The molecule has 0 unspecified atom stereocenters. The molecule has 0 saturated carbocycles. The Morgan fingerprint density at radius 1 is 1.19 bits per heavy atom. The Kier molecular flexibility index (Phi) is 4.30. The van der Waals surface area contributed by atoms with Crippen LogP contribution in [0.4, 0.5) is 0 Å². The SMILES string of the molecule is CCc1ccc(CC)c(C=C(C#N)C#N)c1. The Hall–Kier alpha value is -2.06. The van der Waals surface area contributed by atoms with Gasteiger partial charge in [-0.15, -0.1) is 0 Å². The molecule has 0 spiro atoms. The van der Waals surface area contributed by atoms with Crippen molar-refractivity contribution in [1.29, 1.82) is 10.5 Å². The third-order valence-corrected chi connectivity index (χ3v) is 2.54. The largest absolute Gasteiger partial charge is 0.192 e. The fourth-order valence-corrected chi connectivity index (χ4v) is 1.57. The van der Waals surface area contributed by atoms with E-state index in [0.29, 0.717) is 0 Å². The molecule has 0 aliphatic heterocycles. The standard InChI is InChI=1S/C14H14N2/c1-3-11-5-6-13(4-2)14(7-11)8-12(9-15)10-16/h5-8H,3-4H2,1-2H3. The van der Waals surface area contributed by atoms with Crippen LogP contribution in [0.25, 0.3) is 6.08 Å². The highest BCUT2D eigenvalue weighted by Gasteiger charge is 2.01. The fraction of sp³-hybridized carbons (Fsp3) is 0.286. The van der Waals surface area contributed by atoms with Crippen molar-refractivity contribution in [1.82, 2.24) is 0 Å². The predicted molar refractivity (Wildman–Crippen MR) is 64.4 cm³/mol. The Labute approximate surface area is 96.4 Å². The second kappa shape index (κ2) is 5.73. The summed E-state index contributed by atoms with van der Waals surface area (Å²) in [6.07, 6.45) is 3.53. The molecule has 0 atom stereocenters. The molecular weight excluding hydrogens is 196 g/mol. The lowest BCUT2D eigenvalue weighted by Crippen LogP contribution is -1.90. The molecule has 1 aromatic rings. The molecule has 0 heterocycles. The minimum absolute atomic E-state index is 0.156. The van der Waals surface area contributed by atoms with Crippen LogP contribution in [0, 0.1) is 22.7 Å². The Balaban J connectivity index is 3.26. The van der Waals surface area contributed by atoms with Crippen LogP contribution in [0.15, 0.2) is 23.8 Å². The maximum absolute atomic E-state index is 8.74. The monoisotopic (exact) mass is 210 g/mol. The quantitative estimate of drug-likeness (QED) is 0.719. The molecule has 0 aromatic heterocycles. The Morgan fingerprint density at radius 2 is 1.88 bits per heavy atom. The Bertz CT molecular complexity index is 468. The molecule has 16 heavy (non-hydrogen) atoms. The molecule has 1 aromatic carbocycles.